The van der Waals surface area contributed by atoms with Crippen molar-refractivity contribution >= 4 is 10.1 Å². The van der Waals surface area contributed by atoms with E-state index in [9.17, 15) is 8.42 Å². The highest BCUT2D eigenvalue weighted by Gasteiger charge is 2.07. The zero-order valence-corrected chi connectivity index (χ0v) is 20.1. The first kappa shape index (κ1) is 27.0. The van der Waals surface area contributed by atoms with Gasteiger partial charge in [-0.1, -0.05) is 84.1 Å². The molecule has 0 aromatic heterocycles. The average Bonchev–Trinajstić information content (AvgIpc) is 2.71. The molecule has 0 amide bonds. The molecule has 1 aromatic carbocycles. The van der Waals surface area contributed by atoms with Crippen LogP contribution in [0.1, 0.15) is 108 Å². The van der Waals surface area contributed by atoms with Crippen LogP contribution in [-0.2, 0) is 23.0 Å². The van der Waals surface area contributed by atoms with Crippen molar-refractivity contribution in [2.24, 2.45) is 0 Å². The van der Waals surface area contributed by atoms with Crippen LogP contribution in [0.4, 0.5) is 0 Å². The maximum atomic E-state index is 10.8. The molecule has 0 aliphatic heterocycles. The van der Waals surface area contributed by atoms with Gasteiger partial charge in [0.25, 0.3) is 10.1 Å². The van der Waals surface area contributed by atoms with Crippen LogP contribution in [0, 0.1) is 0 Å². The van der Waals surface area contributed by atoms with Crippen LogP contribution in [0.15, 0.2) is 18.2 Å². The summed E-state index contributed by atoms with van der Waals surface area (Å²) in [7, 11) is -3.91. The molecule has 0 aliphatic carbocycles. The molecular formula is C25H44O4S. The molecular weight excluding hydrogens is 396 g/mol. The van der Waals surface area contributed by atoms with Gasteiger partial charge in [-0.25, -0.2) is 0 Å². The van der Waals surface area contributed by atoms with E-state index in [1.54, 1.807) is 0 Å². The molecule has 0 bridgehead atoms. The lowest BCUT2D eigenvalue weighted by Gasteiger charge is -2.13. The normalized spacial score (nSPS) is 11.7. The van der Waals surface area contributed by atoms with Crippen LogP contribution < -0.4 is 4.74 Å². The molecule has 30 heavy (non-hydrogen) atoms. The summed E-state index contributed by atoms with van der Waals surface area (Å²) < 4.78 is 36.3. The second kappa shape index (κ2) is 16.6. The first-order valence-electron chi connectivity index (χ1n) is 12.2. The van der Waals surface area contributed by atoms with Crippen molar-refractivity contribution in [3.63, 3.8) is 0 Å². The quantitative estimate of drug-likeness (QED) is 0.183. The predicted octanol–water partition coefficient (Wildman–Crippen LogP) is 7.15. The summed E-state index contributed by atoms with van der Waals surface area (Å²) in [5.41, 5.74) is 2.82. The monoisotopic (exact) mass is 440 g/mol. The highest BCUT2D eigenvalue weighted by molar-refractivity contribution is 7.85. The third kappa shape index (κ3) is 14.0. The maximum absolute atomic E-state index is 10.8. The van der Waals surface area contributed by atoms with Crippen molar-refractivity contribution in [3.8, 4) is 5.75 Å². The van der Waals surface area contributed by atoms with Gasteiger partial charge in [0.15, 0.2) is 0 Å². The molecule has 1 aromatic rings. The number of benzene rings is 1. The molecule has 174 valence electrons. The van der Waals surface area contributed by atoms with E-state index < -0.39 is 10.1 Å². The largest absolute Gasteiger partial charge is 0.494 e. The van der Waals surface area contributed by atoms with Crippen LogP contribution in [-0.4, -0.2) is 25.3 Å². The Morgan fingerprint density at radius 2 is 1.27 bits per heavy atom. The van der Waals surface area contributed by atoms with Gasteiger partial charge in [0.2, 0.25) is 0 Å². The first-order valence-corrected chi connectivity index (χ1v) is 13.8. The van der Waals surface area contributed by atoms with Crippen molar-refractivity contribution in [2.45, 2.75) is 110 Å². The fraction of sp³-hybridized carbons (Fsp3) is 0.760. The molecule has 4 nitrogen and oxygen atoms in total. The Morgan fingerprint density at radius 1 is 0.733 bits per heavy atom. The van der Waals surface area contributed by atoms with E-state index in [0.717, 1.165) is 18.6 Å². The van der Waals surface area contributed by atoms with Crippen molar-refractivity contribution in [1.82, 2.24) is 0 Å². The predicted molar refractivity (Wildman–Crippen MR) is 127 cm³/mol. The molecule has 5 heteroatoms. The Labute approximate surface area is 185 Å². The fourth-order valence-electron chi connectivity index (χ4n) is 3.79. The number of unbranched alkanes of at least 4 members (excludes halogenated alkanes) is 10. The summed E-state index contributed by atoms with van der Waals surface area (Å²) >= 11 is 0. The Bertz CT molecular complexity index is 655. The van der Waals surface area contributed by atoms with Crippen LogP contribution in [0.5, 0.6) is 5.75 Å². The molecule has 0 atom stereocenters. The Balaban J connectivity index is 2.55. The van der Waals surface area contributed by atoms with Gasteiger partial charge >= 0.3 is 0 Å². The third-order valence-corrected chi connectivity index (χ3v) is 6.40. The highest BCUT2D eigenvalue weighted by Crippen LogP contribution is 2.23. The van der Waals surface area contributed by atoms with E-state index in [4.69, 9.17) is 9.29 Å². The molecule has 1 N–H and O–H groups in total. The minimum atomic E-state index is -3.91. The first-order chi connectivity index (χ1) is 14.5. The minimum absolute atomic E-state index is 0.256. The number of hydrogen-bond donors (Lipinski definition) is 1. The van der Waals surface area contributed by atoms with Crippen LogP contribution >= 0.6 is 0 Å². The second-order valence-corrected chi connectivity index (χ2v) is 10.0. The number of ether oxygens (including phenoxy) is 1. The van der Waals surface area contributed by atoms with Crippen molar-refractivity contribution in [3.05, 3.63) is 29.3 Å². The summed E-state index contributed by atoms with van der Waals surface area (Å²) in [6.07, 6.45) is 18.1. The van der Waals surface area contributed by atoms with Crippen LogP contribution in [0.25, 0.3) is 0 Å². The van der Waals surface area contributed by atoms with Gasteiger partial charge in [0, 0.05) is 0 Å². The smallest absolute Gasteiger partial charge is 0.264 e. The summed E-state index contributed by atoms with van der Waals surface area (Å²) in [5.74, 6) is 0.548. The summed E-state index contributed by atoms with van der Waals surface area (Å²) in [5, 5.41) is 0. The third-order valence-electron chi connectivity index (χ3n) is 5.59. The topological polar surface area (TPSA) is 63.6 Å². The Hall–Kier alpha value is -1.07. The van der Waals surface area contributed by atoms with Gasteiger partial charge in [-0.15, -0.1) is 0 Å². The van der Waals surface area contributed by atoms with E-state index in [2.05, 4.69) is 26.0 Å². The molecule has 0 saturated heterocycles. The van der Waals surface area contributed by atoms with Gasteiger partial charge in [0.05, 0.1) is 12.4 Å². The zero-order chi connectivity index (χ0) is 22.1. The van der Waals surface area contributed by atoms with Crippen molar-refractivity contribution in [1.29, 1.82) is 0 Å². The average molecular weight is 441 g/mol. The van der Waals surface area contributed by atoms with E-state index in [1.165, 1.54) is 88.2 Å². The molecule has 0 aliphatic rings. The minimum Gasteiger partial charge on any atom is -0.494 e. The van der Waals surface area contributed by atoms with E-state index in [-0.39, 0.29) is 5.75 Å². The van der Waals surface area contributed by atoms with Crippen molar-refractivity contribution < 1.29 is 17.7 Å². The summed E-state index contributed by atoms with van der Waals surface area (Å²) in [6.45, 7) is 4.80. The molecule has 0 spiro atoms. The summed E-state index contributed by atoms with van der Waals surface area (Å²) in [6, 6.07) is 6.34. The lowest BCUT2D eigenvalue weighted by molar-refractivity contribution is 0.315. The lowest BCUT2D eigenvalue weighted by Crippen LogP contribution is -2.08. The van der Waals surface area contributed by atoms with Crippen LogP contribution in [0.3, 0.4) is 0 Å². The van der Waals surface area contributed by atoms with E-state index in [1.807, 2.05) is 6.07 Å². The van der Waals surface area contributed by atoms with Gasteiger partial charge in [-0.3, -0.25) is 4.55 Å². The lowest BCUT2D eigenvalue weighted by atomic mass is 9.96. The number of hydrogen-bond acceptors (Lipinski definition) is 3. The van der Waals surface area contributed by atoms with Gasteiger partial charge in [-0.2, -0.15) is 8.42 Å². The Morgan fingerprint density at radius 3 is 1.83 bits per heavy atom. The Kier molecular flexibility index (Phi) is 14.9. The standard InChI is InChI=1S/C25H44O4S/c1-3-5-7-9-11-13-16-23-18-19-25(29-20-15-21-30(26,27)28)22-24(23)17-14-12-10-8-6-4-2/h18-19,22H,3-17,20-21H2,1-2H3,(H,26,27,28). The highest BCUT2D eigenvalue weighted by atomic mass is 32.2. The van der Waals surface area contributed by atoms with E-state index in [0.29, 0.717) is 13.0 Å². The number of aryl methyl sites for hydroxylation is 2. The van der Waals surface area contributed by atoms with Gasteiger partial charge < -0.3 is 4.74 Å². The zero-order valence-electron chi connectivity index (χ0n) is 19.3. The molecule has 0 radical (unpaired) electrons. The van der Waals surface area contributed by atoms with Gasteiger partial charge in [-0.05, 0) is 55.4 Å². The molecule has 0 unspecified atom stereocenters. The maximum Gasteiger partial charge on any atom is 0.264 e. The van der Waals surface area contributed by atoms with E-state index >= 15 is 0 Å². The molecule has 0 fully saturated rings. The molecule has 1 rings (SSSR count). The van der Waals surface area contributed by atoms with Crippen molar-refractivity contribution in [2.75, 3.05) is 12.4 Å². The molecule has 0 saturated carbocycles. The summed E-state index contributed by atoms with van der Waals surface area (Å²) in [4.78, 5) is 0. The molecule has 0 heterocycles. The number of rotatable bonds is 19. The van der Waals surface area contributed by atoms with Gasteiger partial charge in [0.1, 0.15) is 5.75 Å². The SMILES string of the molecule is CCCCCCCCc1ccc(OCCCS(=O)(=O)O)cc1CCCCCCCC. The van der Waals surface area contributed by atoms with Crippen LogP contribution in [0.2, 0.25) is 0 Å². The second-order valence-electron chi connectivity index (χ2n) is 8.45. The fourth-order valence-corrected chi connectivity index (χ4v) is 4.27.